The van der Waals surface area contributed by atoms with E-state index in [1.807, 2.05) is 0 Å². The first-order chi connectivity index (χ1) is 6.53. The molecule has 2 rings (SSSR count). The molecule has 0 aromatic heterocycles. The molecule has 4 heteroatoms. The summed E-state index contributed by atoms with van der Waals surface area (Å²) in [6.07, 6.45) is 2.72. The average Bonchev–Trinajstić information content (AvgIpc) is 2.09. The molecule has 0 unspecified atom stereocenters. The van der Waals surface area contributed by atoms with Gasteiger partial charge in [-0.15, -0.1) is 0 Å². The molecular weight excluding hydrogens is 252 g/mol. The van der Waals surface area contributed by atoms with Gasteiger partial charge in [0.15, 0.2) is 11.6 Å². The van der Waals surface area contributed by atoms with Crippen LogP contribution in [-0.4, -0.2) is 0 Å². The zero-order chi connectivity index (χ0) is 10.3. The predicted octanol–water partition coefficient (Wildman–Crippen LogP) is 3.07. The fourth-order valence-corrected chi connectivity index (χ4v) is 2.13. The van der Waals surface area contributed by atoms with Crippen molar-refractivity contribution in [3.63, 3.8) is 0 Å². The Hall–Kier alpha value is -0.480. The van der Waals surface area contributed by atoms with Crippen LogP contribution in [0.3, 0.4) is 0 Å². The van der Waals surface area contributed by atoms with Crippen LogP contribution in [-0.2, 0) is 5.54 Å². The van der Waals surface area contributed by atoms with Crippen LogP contribution >= 0.6 is 15.9 Å². The van der Waals surface area contributed by atoms with Crippen molar-refractivity contribution in [1.82, 2.24) is 0 Å². The lowest BCUT2D eigenvalue weighted by molar-refractivity contribution is 0.252. The van der Waals surface area contributed by atoms with E-state index in [2.05, 4.69) is 15.9 Å². The maximum absolute atomic E-state index is 13.1. The van der Waals surface area contributed by atoms with Crippen LogP contribution in [0.4, 0.5) is 8.78 Å². The summed E-state index contributed by atoms with van der Waals surface area (Å²) in [5.41, 5.74) is 6.23. The first-order valence-electron chi connectivity index (χ1n) is 4.47. The lowest BCUT2D eigenvalue weighted by Crippen LogP contribution is -2.43. The van der Waals surface area contributed by atoms with Gasteiger partial charge in [-0.3, -0.25) is 0 Å². The van der Waals surface area contributed by atoms with Crippen LogP contribution in [0.25, 0.3) is 0 Å². The van der Waals surface area contributed by atoms with Crippen molar-refractivity contribution < 1.29 is 8.78 Å². The molecule has 1 nitrogen and oxygen atoms in total. The van der Waals surface area contributed by atoms with E-state index in [1.165, 1.54) is 6.07 Å². The number of hydrogen-bond acceptors (Lipinski definition) is 1. The minimum Gasteiger partial charge on any atom is -0.321 e. The van der Waals surface area contributed by atoms with E-state index in [1.54, 1.807) is 6.07 Å². The third-order valence-corrected chi connectivity index (χ3v) is 3.38. The third kappa shape index (κ3) is 1.46. The van der Waals surface area contributed by atoms with Crippen molar-refractivity contribution >= 4 is 15.9 Å². The Morgan fingerprint density at radius 2 is 1.93 bits per heavy atom. The highest BCUT2D eigenvalue weighted by molar-refractivity contribution is 9.10. The Bertz CT molecular complexity index is 351. The number of benzene rings is 1. The third-order valence-electron chi connectivity index (χ3n) is 2.80. The molecule has 2 N–H and O–H groups in total. The fourth-order valence-electron chi connectivity index (χ4n) is 1.69. The minimum absolute atomic E-state index is 0.143. The molecule has 0 atom stereocenters. The topological polar surface area (TPSA) is 26.0 Å². The smallest absolute Gasteiger partial charge is 0.172 e. The van der Waals surface area contributed by atoms with Gasteiger partial charge in [0.25, 0.3) is 0 Å². The monoisotopic (exact) mass is 261 g/mol. The molecule has 0 bridgehead atoms. The van der Waals surface area contributed by atoms with E-state index >= 15 is 0 Å². The van der Waals surface area contributed by atoms with Crippen LogP contribution in [0.2, 0.25) is 0 Å². The number of nitrogens with two attached hydrogens (primary N) is 1. The largest absolute Gasteiger partial charge is 0.321 e. The average molecular weight is 262 g/mol. The van der Waals surface area contributed by atoms with Gasteiger partial charge >= 0.3 is 0 Å². The Labute approximate surface area is 89.4 Å². The molecule has 0 spiro atoms. The van der Waals surface area contributed by atoms with Gasteiger partial charge in [-0.25, -0.2) is 8.78 Å². The maximum Gasteiger partial charge on any atom is 0.172 e. The van der Waals surface area contributed by atoms with Gasteiger partial charge in [-0.2, -0.15) is 0 Å². The van der Waals surface area contributed by atoms with Gasteiger partial charge in [-0.1, -0.05) is 0 Å². The molecule has 0 saturated heterocycles. The maximum atomic E-state index is 13.1. The lowest BCUT2D eigenvalue weighted by atomic mass is 9.73. The second-order valence-corrected chi connectivity index (χ2v) is 4.62. The zero-order valence-electron chi connectivity index (χ0n) is 7.49. The highest BCUT2D eigenvalue weighted by Gasteiger charge is 2.35. The predicted molar refractivity (Wildman–Crippen MR) is 53.8 cm³/mol. The van der Waals surface area contributed by atoms with Gasteiger partial charge in [0.1, 0.15) is 0 Å². The van der Waals surface area contributed by atoms with E-state index in [-0.39, 0.29) is 4.47 Å². The second kappa shape index (κ2) is 3.28. The van der Waals surface area contributed by atoms with Gasteiger partial charge in [0.2, 0.25) is 0 Å². The van der Waals surface area contributed by atoms with Crippen molar-refractivity contribution in [3.05, 3.63) is 33.8 Å². The molecule has 1 aliphatic carbocycles. The molecule has 1 fully saturated rings. The second-order valence-electron chi connectivity index (χ2n) is 3.76. The number of hydrogen-bond donors (Lipinski definition) is 1. The molecule has 0 aliphatic heterocycles. The Morgan fingerprint density at radius 1 is 1.29 bits per heavy atom. The Kier molecular flexibility index (Phi) is 2.35. The van der Waals surface area contributed by atoms with Gasteiger partial charge in [0, 0.05) is 5.54 Å². The summed E-state index contributed by atoms with van der Waals surface area (Å²) >= 11 is 2.97. The van der Waals surface area contributed by atoms with Crippen molar-refractivity contribution in [2.24, 2.45) is 5.73 Å². The van der Waals surface area contributed by atoms with Gasteiger partial charge in [0.05, 0.1) is 4.47 Å². The summed E-state index contributed by atoms with van der Waals surface area (Å²) < 4.78 is 26.2. The molecule has 0 heterocycles. The van der Waals surface area contributed by atoms with Crippen LogP contribution < -0.4 is 5.73 Å². The Morgan fingerprint density at radius 3 is 2.36 bits per heavy atom. The lowest BCUT2D eigenvalue weighted by Gasteiger charge is -2.38. The molecule has 0 radical (unpaired) electrons. The van der Waals surface area contributed by atoms with Gasteiger partial charge < -0.3 is 5.73 Å². The SMILES string of the molecule is NC1(c2cc(F)c(F)c(Br)c2)CCC1. The summed E-state index contributed by atoms with van der Waals surface area (Å²) in [5.74, 6) is -1.69. The summed E-state index contributed by atoms with van der Waals surface area (Å²) in [4.78, 5) is 0. The molecule has 1 saturated carbocycles. The van der Waals surface area contributed by atoms with Crippen LogP contribution in [0.15, 0.2) is 16.6 Å². The van der Waals surface area contributed by atoms with Crippen molar-refractivity contribution in [1.29, 1.82) is 0 Å². The summed E-state index contributed by atoms with van der Waals surface area (Å²) in [6, 6.07) is 2.76. The number of rotatable bonds is 1. The standard InChI is InChI=1S/C10H10BrF2N/c11-7-4-6(5-8(12)9(7)13)10(14)2-1-3-10/h4-5H,1-3,14H2. The van der Waals surface area contributed by atoms with E-state index in [4.69, 9.17) is 5.73 Å². The van der Waals surface area contributed by atoms with Crippen LogP contribution in [0.5, 0.6) is 0 Å². The molecule has 1 aromatic rings. The molecule has 0 amide bonds. The Balaban J connectivity index is 2.45. The van der Waals surface area contributed by atoms with E-state index < -0.39 is 17.2 Å². The van der Waals surface area contributed by atoms with E-state index in [0.29, 0.717) is 5.56 Å². The number of halogens is 3. The highest BCUT2D eigenvalue weighted by atomic mass is 79.9. The molecule has 1 aromatic carbocycles. The fraction of sp³-hybridized carbons (Fsp3) is 0.400. The molecule has 1 aliphatic rings. The summed E-state index contributed by atoms with van der Waals surface area (Å²) in [5, 5.41) is 0. The van der Waals surface area contributed by atoms with Crippen molar-refractivity contribution in [2.75, 3.05) is 0 Å². The van der Waals surface area contributed by atoms with E-state index in [9.17, 15) is 8.78 Å². The highest BCUT2D eigenvalue weighted by Crippen LogP contribution is 2.40. The summed E-state index contributed by atoms with van der Waals surface area (Å²) in [7, 11) is 0. The van der Waals surface area contributed by atoms with Crippen LogP contribution in [0, 0.1) is 11.6 Å². The first kappa shape index (κ1) is 10.1. The first-order valence-corrected chi connectivity index (χ1v) is 5.26. The molecular formula is C10H10BrF2N. The summed E-state index contributed by atoms with van der Waals surface area (Å²) in [6.45, 7) is 0. The normalized spacial score (nSPS) is 19.1. The van der Waals surface area contributed by atoms with Crippen molar-refractivity contribution in [3.8, 4) is 0 Å². The minimum atomic E-state index is -0.850. The quantitative estimate of drug-likeness (QED) is 0.773. The molecule has 76 valence electrons. The van der Waals surface area contributed by atoms with Gasteiger partial charge in [-0.05, 0) is 52.9 Å². The van der Waals surface area contributed by atoms with Crippen LogP contribution in [0.1, 0.15) is 24.8 Å². The zero-order valence-corrected chi connectivity index (χ0v) is 9.07. The molecule has 14 heavy (non-hydrogen) atoms. The van der Waals surface area contributed by atoms with E-state index in [0.717, 1.165) is 19.3 Å². The van der Waals surface area contributed by atoms with Crippen molar-refractivity contribution in [2.45, 2.75) is 24.8 Å².